The summed E-state index contributed by atoms with van der Waals surface area (Å²) in [5.74, 6) is -0.243. The van der Waals surface area contributed by atoms with Gasteiger partial charge in [0.1, 0.15) is 5.41 Å². The van der Waals surface area contributed by atoms with Gasteiger partial charge in [0, 0.05) is 12.6 Å². The predicted octanol–water partition coefficient (Wildman–Crippen LogP) is 2.20. The third-order valence-corrected chi connectivity index (χ3v) is 3.36. The number of hydrogen-bond acceptors (Lipinski definition) is 3. The number of amides is 1. The molecule has 20 heavy (non-hydrogen) atoms. The third kappa shape index (κ3) is 3.50. The standard InChI is InChI=1S/C15H23N3O2/c1-11(2)18(10-12-8-6-5-7-9-12)14(19)15(3,4)13(16)17-20/h5-9,11,20H,10H2,1-4H3,(H2,16,17). The fraction of sp³-hybridized carbons (Fsp3) is 0.467. The molecule has 0 heterocycles. The van der Waals surface area contributed by atoms with Crippen LogP contribution in [0.3, 0.4) is 0 Å². The van der Waals surface area contributed by atoms with Crippen molar-refractivity contribution < 1.29 is 10.0 Å². The highest BCUT2D eigenvalue weighted by atomic mass is 16.4. The summed E-state index contributed by atoms with van der Waals surface area (Å²) in [4.78, 5) is 14.4. The third-order valence-electron chi connectivity index (χ3n) is 3.36. The summed E-state index contributed by atoms with van der Waals surface area (Å²) in [6.07, 6.45) is 0. The van der Waals surface area contributed by atoms with E-state index in [4.69, 9.17) is 10.9 Å². The van der Waals surface area contributed by atoms with Gasteiger partial charge >= 0.3 is 0 Å². The van der Waals surface area contributed by atoms with E-state index in [1.165, 1.54) is 0 Å². The molecule has 1 aromatic rings. The highest BCUT2D eigenvalue weighted by molar-refractivity contribution is 6.05. The molecule has 0 aromatic heterocycles. The van der Waals surface area contributed by atoms with Gasteiger partial charge in [-0.1, -0.05) is 35.5 Å². The van der Waals surface area contributed by atoms with Crippen molar-refractivity contribution >= 4 is 11.7 Å². The van der Waals surface area contributed by atoms with Gasteiger partial charge in [-0.15, -0.1) is 0 Å². The van der Waals surface area contributed by atoms with Gasteiger partial charge < -0.3 is 15.8 Å². The summed E-state index contributed by atoms with van der Waals surface area (Å²) < 4.78 is 0. The topological polar surface area (TPSA) is 78.9 Å². The van der Waals surface area contributed by atoms with E-state index in [2.05, 4.69) is 5.16 Å². The van der Waals surface area contributed by atoms with Gasteiger partial charge in [0.25, 0.3) is 0 Å². The second kappa shape index (κ2) is 6.41. The number of carbonyl (C=O) groups excluding carboxylic acids is 1. The monoisotopic (exact) mass is 277 g/mol. The van der Waals surface area contributed by atoms with Crippen LogP contribution in [0.15, 0.2) is 35.5 Å². The molecule has 1 amide bonds. The number of carbonyl (C=O) groups is 1. The molecule has 0 spiro atoms. The second-order valence-electron chi connectivity index (χ2n) is 5.62. The van der Waals surface area contributed by atoms with E-state index in [0.29, 0.717) is 6.54 Å². The zero-order valence-corrected chi connectivity index (χ0v) is 12.5. The molecule has 0 radical (unpaired) electrons. The van der Waals surface area contributed by atoms with E-state index >= 15 is 0 Å². The number of rotatable bonds is 5. The smallest absolute Gasteiger partial charge is 0.236 e. The minimum Gasteiger partial charge on any atom is -0.409 e. The highest BCUT2D eigenvalue weighted by Gasteiger charge is 2.37. The molecule has 5 nitrogen and oxygen atoms in total. The molecule has 0 atom stereocenters. The number of oxime groups is 1. The molecular weight excluding hydrogens is 254 g/mol. The molecule has 5 heteroatoms. The lowest BCUT2D eigenvalue weighted by Gasteiger charge is -2.34. The van der Waals surface area contributed by atoms with Gasteiger partial charge in [-0.05, 0) is 33.3 Å². The number of benzene rings is 1. The van der Waals surface area contributed by atoms with Crippen LogP contribution in [0.4, 0.5) is 0 Å². The minimum atomic E-state index is -1.03. The lowest BCUT2D eigenvalue weighted by Crippen LogP contribution is -2.50. The maximum Gasteiger partial charge on any atom is 0.236 e. The average Bonchev–Trinajstić information content (AvgIpc) is 2.43. The van der Waals surface area contributed by atoms with E-state index in [-0.39, 0.29) is 17.8 Å². The first-order valence-corrected chi connectivity index (χ1v) is 6.63. The summed E-state index contributed by atoms with van der Waals surface area (Å²) >= 11 is 0. The van der Waals surface area contributed by atoms with Crippen LogP contribution < -0.4 is 5.73 Å². The Morgan fingerprint density at radius 2 is 1.90 bits per heavy atom. The van der Waals surface area contributed by atoms with Crippen molar-refractivity contribution in [2.45, 2.75) is 40.3 Å². The molecule has 110 valence electrons. The van der Waals surface area contributed by atoms with E-state index < -0.39 is 5.41 Å². The first kappa shape index (κ1) is 16.0. The van der Waals surface area contributed by atoms with Crippen LogP contribution >= 0.6 is 0 Å². The van der Waals surface area contributed by atoms with Crippen LogP contribution in [0, 0.1) is 5.41 Å². The van der Waals surface area contributed by atoms with Gasteiger partial charge in [0.15, 0.2) is 5.84 Å². The Morgan fingerprint density at radius 1 is 1.35 bits per heavy atom. The van der Waals surface area contributed by atoms with Gasteiger partial charge in [-0.25, -0.2) is 0 Å². The molecule has 1 rings (SSSR count). The maximum atomic E-state index is 12.7. The fourth-order valence-corrected chi connectivity index (χ4v) is 1.86. The van der Waals surface area contributed by atoms with Crippen molar-refractivity contribution in [3.05, 3.63) is 35.9 Å². The van der Waals surface area contributed by atoms with Gasteiger partial charge in [0.2, 0.25) is 5.91 Å². The molecule has 0 saturated carbocycles. The Morgan fingerprint density at radius 3 is 2.35 bits per heavy atom. The number of nitrogens with zero attached hydrogens (tertiary/aromatic N) is 2. The Hall–Kier alpha value is -2.04. The minimum absolute atomic E-state index is 0.0217. The van der Waals surface area contributed by atoms with E-state index in [9.17, 15) is 4.79 Å². The molecule has 0 fully saturated rings. The molecule has 0 aliphatic rings. The molecule has 0 saturated heterocycles. The molecule has 0 aliphatic heterocycles. The SMILES string of the molecule is CC(C)N(Cc1ccccc1)C(=O)C(C)(C)C(N)=NO. The molecule has 3 N–H and O–H groups in total. The van der Waals surface area contributed by atoms with Crippen molar-refractivity contribution in [1.82, 2.24) is 4.90 Å². The number of hydrogen-bond donors (Lipinski definition) is 2. The Balaban J connectivity index is 3.00. The van der Waals surface area contributed by atoms with E-state index in [1.54, 1.807) is 18.7 Å². The van der Waals surface area contributed by atoms with Crippen molar-refractivity contribution in [1.29, 1.82) is 0 Å². The summed E-state index contributed by atoms with van der Waals surface area (Å²) in [6, 6.07) is 9.78. The first-order chi connectivity index (χ1) is 9.30. The quantitative estimate of drug-likeness (QED) is 0.375. The average molecular weight is 277 g/mol. The summed E-state index contributed by atoms with van der Waals surface area (Å²) in [7, 11) is 0. The Bertz CT molecular complexity index is 481. The van der Waals surface area contributed by atoms with Gasteiger partial charge in [-0.3, -0.25) is 4.79 Å². The summed E-state index contributed by atoms with van der Waals surface area (Å²) in [5, 5.41) is 11.8. The zero-order chi connectivity index (χ0) is 15.3. The van der Waals surface area contributed by atoms with Gasteiger partial charge in [0.05, 0.1) is 0 Å². The molecular formula is C15H23N3O2. The summed E-state index contributed by atoms with van der Waals surface area (Å²) in [5.41, 5.74) is 5.65. The predicted molar refractivity (Wildman–Crippen MR) is 79.3 cm³/mol. The Kier molecular flexibility index (Phi) is 5.13. The van der Waals surface area contributed by atoms with Crippen molar-refractivity contribution in [3.63, 3.8) is 0 Å². The van der Waals surface area contributed by atoms with Crippen LogP contribution in [0.2, 0.25) is 0 Å². The molecule has 0 bridgehead atoms. The maximum absolute atomic E-state index is 12.7. The van der Waals surface area contributed by atoms with Crippen LogP contribution in [-0.2, 0) is 11.3 Å². The van der Waals surface area contributed by atoms with E-state index in [0.717, 1.165) is 5.56 Å². The lowest BCUT2D eigenvalue weighted by molar-refractivity contribution is -0.139. The van der Waals surface area contributed by atoms with Gasteiger partial charge in [-0.2, -0.15) is 0 Å². The molecule has 0 aliphatic carbocycles. The van der Waals surface area contributed by atoms with Crippen LogP contribution in [-0.4, -0.2) is 27.9 Å². The zero-order valence-electron chi connectivity index (χ0n) is 12.5. The Labute approximate surface area is 120 Å². The molecule has 0 unspecified atom stereocenters. The fourth-order valence-electron chi connectivity index (χ4n) is 1.86. The van der Waals surface area contributed by atoms with Crippen LogP contribution in [0.25, 0.3) is 0 Å². The number of nitrogens with two attached hydrogens (primary N) is 1. The summed E-state index contributed by atoms with van der Waals surface area (Å²) in [6.45, 7) is 7.71. The highest BCUT2D eigenvalue weighted by Crippen LogP contribution is 2.22. The van der Waals surface area contributed by atoms with E-state index in [1.807, 2.05) is 44.2 Å². The molecule has 1 aromatic carbocycles. The van der Waals surface area contributed by atoms with Crippen molar-refractivity contribution in [2.24, 2.45) is 16.3 Å². The first-order valence-electron chi connectivity index (χ1n) is 6.63. The van der Waals surface area contributed by atoms with Crippen LogP contribution in [0.5, 0.6) is 0 Å². The lowest BCUT2D eigenvalue weighted by atomic mass is 9.89. The van der Waals surface area contributed by atoms with Crippen LogP contribution in [0.1, 0.15) is 33.3 Å². The number of amidine groups is 1. The van der Waals surface area contributed by atoms with Crippen molar-refractivity contribution in [2.75, 3.05) is 0 Å². The largest absolute Gasteiger partial charge is 0.409 e. The second-order valence-corrected chi connectivity index (χ2v) is 5.62. The normalized spacial score (nSPS) is 12.6. The van der Waals surface area contributed by atoms with Crippen molar-refractivity contribution in [3.8, 4) is 0 Å².